The zero-order chi connectivity index (χ0) is 16.6. The van der Waals surface area contributed by atoms with Gasteiger partial charge in [-0.15, -0.1) is 0 Å². The van der Waals surface area contributed by atoms with Crippen molar-refractivity contribution in [3.63, 3.8) is 0 Å². The molecule has 5 nitrogen and oxygen atoms in total. The molecule has 2 fully saturated rings. The molecule has 2 aliphatic heterocycles. The quantitative estimate of drug-likeness (QED) is 0.882. The summed E-state index contributed by atoms with van der Waals surface area (Å²) in [5.41, 5.74) is 1.23. The third-order valence-electron chi connectivity index (χ3n) is 4.62. The van der Waals surface area contributed by atoms with Crippen molar-refractivity contribution in [3.05, 3.63) is 42.0 Å². The van der Waals surface area contributed by atoms with Crippen LogP contribution >= 0.6 is 0 Å². The fourth-order valence-corrected chi connectivity index (χ4v) is 3.17. The maximum atomic E-state index is 12.4. The van der Waals surface area contributed by atoms with Crippen LogP contribution in [-0.4, -0.2) is 74.2 Å². The summed E-state index contributed by atoms with van der Waals surface area (Å²) in [6.45, 7) is 6.72. The Balaban J connectivity index is 1.37. The summed E-state index contributed by atoms with van der Waals surface area (Å²) < 4.78 is 5.42. The van der Waals surface area contributed by atoms with Crippen molar-refractivity contribution in [3.8, 4) is 0 Å². The van der Waals surface area contributed by atoms with Crippen molar-refractivity contribution >= 4 is 12.0 Å². The van der Waals surface area contributed by atoms with Crippen molar-refractivity contribution in [2.24, 2.45) is 0 Å². The van der Waals surface area contributed by atoms with Gasteiger partial charge in [0.1, 0.15) is 0 Å². The van der Waals surface area contributed by atoms with Gasteiger partial charge in [-0.1, -0.05) is 42.5 Å². The molecule has 2 aliphatic rings. The third kappa shape index (κ3) is 5.16. The highest BCUT2D eigenvalue weighted by atomic mass is 16.5. The molecule has 1 atom stereocenters. The van der Waals surface area contributed by atoms with Gasteiger partial charge in [0.15, 0.2) is 0 Å². The van der Waals surface area contributed by atoms with Crippen LogP contribution in [-0.2, 0) is 9.53 Å². The van der Waals surface area contributed by atoms with Gasteiger partial charge in [0.2, 0.25) is 5.91 Å². The fraction of sp³-hybridized carbons (Fsp3) is 0.526. The topological polar surface area (TPSA) is 44.8 Å². The lowest BCUT2D eigenvalue weighted by atomic mass is 10.1. The lowest BCUT2D eigenvalue weighted by Gasteiger charge is -2.35. The molecule has 24 heavy (non-hydrogen) atoms. The van der Waals surface area contributed by atoms with Gasteiger partial charge in [-0.25, -0.2) is 0 Å². The molecular weight excluding hydrogens is 302 g/mol. The summed E-state index contributed by atoms with van der Waals surface area (Å²) in [6, 6.07) is 10.5. The van der Waals surface area contributed by atoms with Crippen LogP contribution in [0.3, 0.4) is 0 Å². The summed E-state index contributed by atoms with van der Waals surface area (Å²) in [6.07, 6.45) is 4.91. The minimum Gasteiger partial charge on any atom is -0.378 e. The van der Waals surface area contributed by atoms with Crippen LogP contribution in [0.4, 0.5) is 0 Å². The van der Waals surface area contributed by atoms with Crippen molar-refractivity contribution < 1.29 is 9.53 Å². The Labute approximate surface area is 144 Å². The van der Waals surface area contributed by atoms with E-state index in [1.54, 1.807) is 0 Å². The number of ether oxygens (including phenoxy) is 1. The molecule has 1 N–H and O–H groups in total. The average Bonchev–Trinajstić information content (AvgIpc) is 2.64. The minimum absolute atomic E-state index is 0.179. The number of rotatable bonds is 5. The van der Waals surface area contributed by atoms with E-state index < -0.39 is 0 Å². The summed E-state index contributed by atoms with van der Waals surface area (Å²) >= 11 is 0. The molecular formula is C19H27N3O2. The van der Waals surface area contributed by atoms with E-state index in [0.29, 0.717) is 13.0 Å². The molecule has 0 bridgehead atoms. The molecule has 0 aromatic heterocycles. The lowest BCUT2D eigenvalue weighted by molar-refractivity contribution is -0.134. The average molecular weight is 329 g/mol. The first-order valence-electron chi connectivity index (χ1n) is 8.84. The predicted molar refractivity (Wildman–Crippen MR) is 95.7 cm³/mol. The van der Waals surface area contributed by atoms with E-state index in [1.165, 1.54) is 5.56 Å². The Bertz CT molecular complexity index is 533. The molecule has 2 saturated heterocycles. The Morgan fingerprint density at radius 2 is 2.00 bits per heavy atom. The molecule has 1 aromatic rings. The molecule has 0 aliphatic carbocycles. The molecule has 130 valence electrons. The molecule has 1 unspecified atom stereocenters. The van der Waals surface area contributed by atoms with E-state index in [9.17, 15) is 4.79 Å². The molecule has 0 radical (unpaired) electrons. The Morgan fingerprint density at radius 1 is 1.21 bits per heavy atom. The van der Waals surface area contributed by atoms with E-state index in [-0.39, 0.29) is 11.9 Å². The zero-order valence-corrected chi connectivity index (χ0v) is 14.2. The summed E-state index contributed by atoms with van der Waals surface area (Å²) in [5, 5.41) is 3.35. The highest BCUT2D eigenvalue weighted by Gasteiger charge is 2.24. The molecule has 0 saturated carbocycles. The van der Waals surface area contributed by atoms with E-state index >= 15 is 0 Å². The molecule has 3 rings (SSSR count). The zero-order valence-electron chi connectivity index (χ0n) is 14.2. The number of carbonyl (C=O) groups is 1. The van der Waals surface area contributed by atoms with E-state index in [0.717, 1.165) is 45.9 Å². The summed E-state index contributed by atoms with van der Waals surface area (Å²) in [4.78, 5) is 16.8. The SMILES string of the molecule is O=C(CC1COCCN1)N1CCN(C/C=C/c2ccccc2)CC1. The minimum atomic E-state index is 0.179. The monoisotopic (exact) mass is 329 g/mol. The third-order valence-corrected chi connectivity index (χ3v) is 4.62. The highest BCUT2D eigenvalue weighted by molar-refractivity contribution is 5.77. The van der Waals surface area contributed by atoms with Gasteiger partial charge in [0, 0.05) is 51.7 Å². The number of carbonyl (C=O) groups excluding carboxylic acids is 1. The number of morpholine rings is 1. The highest BCUT2D eigenvalue weighted by Crippen LogP contribution is 2.08. The van der Waals surface area contributed by atoms with Gasteiger partial charge < -0.3 is 15.0 Å². The second kappa shape index (κ2) is 8.97. The Hall–Kier alpha value is -1.69. The smallest absolute Gasteiger partial charge is 0.224 e. The maximum absolute atomic E-state index is 12.4. The second-order valence-electron chi connectivity index (χ2n) is 6.42. The Kier molecular flexibility index (Phi) is 6.41. The molecule has 2 heterocycles. The Morgan fingerprint density at radius 3 is 2.71 bits per heavy atom. The van der Waals surface area contributed by atoms with Crippen LogP contribution < -0.4 is 5.32 Å². The van der Waals surface area contributed by atoms with Crippen LogP contribution in [0.1, 0.15) is 12.0 Å². The summed E-state index contributed by atoms with van der Waals surface area (Å²) in [5.74, 6) is 0.248. The summed E-state index contributed by atoms with van der Waals surface area (Å²) in [7, 11) is 0. The number of hydrogen-bond donors (Lipinski definition) is 1. The molecule has 1 aromatic carbocycles. The number of hydrogen-bond acceptors (Lipinski definition) is 4. The standard InChI is InChI=1S/C19H27N3O2/c23-19(15-18-16-24-14-8-20-18)22-12-10-21(11-13-22)9-4-7-17-5-2-1-3-6-17/h1-7,18,20H,8-16H2/b7-4+. The van der Waals surface area contributed by atoms with Gasteiger partial charge in [-0.2, -0.15) is 0 Å². The van der Waals surface area contributed by atoms with Crippen LogP contribution in [0.15, 0.2) is 36.4 Å². The maximum Gasteiger partial charge on any atom is 0.224 e. The van der Waals surface area contributed by atoms with Crippen LogP contribution in [0.2, 0.25) is 0 Å². The largest absolute Gasteiger partial charge is 0.378 e. The van der Waals surface area contributed by atoms with Crippen molar-refractivity contribution in [1.82, 2.24) is 15.1 Å². The number of piperazine rings is 1. The number of nitrogens with one attached hydrogen (secondary N) is 1. The van der Waals surface area contributed by atoms with E-state index in [1.807, 2.05) is 11.0 Å². The molecule has 1 amide bonds. The predicted octanol–water partition coefficient (Wildman–Crippen LogP) is 1.22. The second-order valence-corrected chi connectivity index (χ2v) is 6.42. The van der Waals surface area contributed by atoms with Crippen molar-refractivity contribution in [1.29, 1.82) is 0 Å². The van der Waals surface area contributed by atoms with Gasteiger partial charge in [0.05, 0.1) is 13.2 Å². The molecule has 0 spiro atoms. The first-order valence-corrected chi connectivity index (χ1v) is 8.84. The van der Waals surface area contributed by atoms with Crippen molar-refractivity contribution in [2.45, 2.75) is 12.5 Å². The van der Waals surface area contributed by atoms with Gasteiger partial charge >= 0.3 is 0 Å². The van der Waals surface area contributed by atoms with Gasteiger partial charge in [0.25, 0.3) is 0 Å². The van der Waals surface area contributed by atoms with Crippen molar-refractivity contribution in [2.75, 3.05) is 52.5 Å². The lowest BCUT2D eigenvalue weighted by Crippen LogP contribution is -2.51. The van der Waals surface area contributed by atoms with Crippen LogP contribution in [0.25, 0.3) is 6.08 Å². The van der Waals surface area contributed by atoms with Crippen LogP contribution in [0.5, 0.6) is 0 Å². The number of nitrogens with zero attached hydrogens (tertiary/aromatic N) is 2. The fourth-order valence-electron chi connectivity index (χ4n) is 3.17. The number of benzene rings is 1. The van der Waals surface area contributed by atoms with Crippen LogP contribution in [0, 0.1) is 0 Å². The molecule has 5 heteroatoms. The number of amides is 1. The van der Waals surface area contributed by atoms with E-state index in [4.69, 9.17) is 4.74 Å². The normalized spacial score (nSPS) is 22.8. The first kappa shape index (κ1) is 17.1. The van der Waals surface area contributed by atoms with Gasteiger partial charge in [-0.3, -0.25) is 9.69 Å². The van der Waals surface area contributed by atoms with Gasteiger partial charge in [-0.05, 0) is 5.56 Å². The first-order chi connectivity index (χ1) is 11.8. The van der Waals surface area contributed by atoms with E-state index in [2.05, 4.69) is 46.6 Å².